The second-order valence-electron chi connectivity index (χ2n) is 7.50. The van der Waals surface area contributed by atoms with Crippen molar-refractivity contribution in [2.24, 2.45) is 5.92 Å². The summed E-state index contributed by atoms with van der Waals surface area (Å²) in [5.74, 6) is 1.75. The van der Waals surface area contributed by atoms with Gasteiger partial charge in [0.25, 0.3) is 5.88 Å². The third kappa shape index (κ3) is 3.78. The highest BCUT2D eigenvalue weighted by Crippen LogP contribution is 2.34. The molecule has 2 N–H and O–H groups in total. The SMILES string of the molecule is Cc1c2c(nn1C(C)(C)C#N)OCC[C@@H](C(C)C)Nc1nc(ncc1Cl)N2. The molecule has 0 unspecified atom stereocenters. The van der Waals surface area contributed by atoms with Crippen molar-refractivity contribution in [2.45, 2.75) is 52.6 Å². The number of hydrogen-bond donors (Lipinski definition) is 2. The van der Waals surface area contributed by atoms with Crippen molar-refractivity contribution >= 4 is 29.1 Å². The van der Waals surface area contributed by atoms with E-state index < -0.39 is 5.54 Å². The maximum absolute atomic E-state index is 9.49. The van der Waals surface area contributed by atoms with Gasteiger partial charge in [0.2, 0.25) is 5.95 Å². The minimum absolute atomic E-state index is 0.130. The van der Waals surface area contributed by atoms with E-state index in [1.807, 2.05) is 6.92 Å². The molecule has 3 rings (SSSR count). The molecule has 0 saturated heterocycles. The molecule has 0 saturated carbocycles. The van der Waals surface area contributed by atoms with Gasteiger partial charge in [0, 0.05) is 12.5 Å². The number of nitriles is 1. The van der Waals surface area contributed by atoms with Gasteiger partial charge in [0.1, 0.15) is 16.2 Å². The molecular formula is C18H24ClN7O. The zero-order valence-electron chi connectivity index (χ0n) is 16.2. The first-order chi connectivity index (χ1) is 12.7. The fraction of sp³-hybridized carbons (Fsp3) is 0.556. The second kappa shape index (κ2) is 7.24. The van der Waals surface area contributed by atoms with Crippen LogP contribution in [0.2, 0.25) is 5.02 Å². The minimum atomic E-state index is -0.812. The second-order valence-corrected chi connectivity index (χ2v) is 7.90. The normalized spacial score (nSPS) is 17.0. The van der Waals surface area contributed by atoms with E-state index in [9.17, 15) is 5.26 Å². The fourth-order valence-electron chi connectivity index (χ4n) is 2.98. The summed E-state index contributed by atoms with van der Waals surface area (Å²) in [6, 6.07) is 2.40. The fourth-order valence-corrected chi connectivity index (χ4v) is 3.13. The summed E-state index contributed by atoms with van der Waals surface area (Å²) < 4.78 is 7.63. The maximum Gasteiger partial charge on any atom is 0.257 e. The standard InChI is InChI=1S/C18H24ClN7O/c1-10(2)13-6-7-27-16-14(11(3)26(25-16)18(4,5)9-20)23-17-21-8-12(19)15(22-13)24-17/h8,10,13H,6-7H2,1-5H3,(H2,21,22,23,24)/t13-/m0/s1. The zero-order valence-corrected chi connectivity index (χ0v) is 16.9. The summed E-state index contributed by atoms with van der Waals surface area (Å²) in [5.41, 5.74) is 0.603. The van der Waals surface area contributed by atoms with Crippen LogP contribution in [0.4, 0.5) is 17.5 Å². The number of aromatic nitrogens is 4. The highest BCUT2D eigenvalue weighted by Gasteiger charge is 2.28. The van der Waals surface area contributed by atoms with Crippen LogP contribution >= 0.6 is 11.6 Å². The molecule has 0 aromatic carbocycles. The Kier molecular flexibility index (Phi) is 5.16. The Hall–Kier alpha value is -2.53. The van der Waals surface area contributed by atoms with Crippen molar-refractivity contribution in [1.29, 1.82) is 5.26 Å². The van der Waals surface area contributed by atoms with Gasteiger partial charge in [-0.3, -0.25) is 0 Å². The van der Waals surface area contributed by atoms with Crippen LogP contribution in [0.3, 0.4) is 0 Å². The summed E-state index contributed by atoms with van der Waals surface area (Å²) in [4.78, 5) is 8.78. The molecule has 0 radical (unpaired) electrons. The number of nitrogens with zero attached hydrogens (tertiary/aromatic N) is 5. The molecule has 0 amide bonds. The lowest BCUT2D eigenvalue weighted by Crippen LogP contribution is -2.28. The minimum Gasteiger partial charge on any atom is -0.475 e. The highest BCUT2D eigenvalue weighted by molar-refractivity contribution is 6.32. The lowest BCUT2D eigenvalue weighted by atomic mass is 10.0. The number of halogens is 1. The Balaban J connectivity index is 2.09. The Morgan fingerprint density at radius 1 is 1.44 bits per heavy atom. The Morgan fingerprint density at radius 3 is 2.85 bits per heavy atom. The lowest BCUT2D eigenvalue weighted by molar-refractivity contribution is 0.271. The third-order valence-electron chi connectivity index (χ3n) is 4.66. The molecule has 1 aliphatic heterocycles. The van der Waals surface area contributed by atoms with Gasteiger partial charge < -0.3 is 15.4 Å². The van der Waals surface area contributed by atoms with E-state index in [0.717, 1.165) is 12.1 Å². The van der Waals surface area contributed by atoms with Gasteiger partial charge in [-0.15, -0.1) is 5.10 Å². The van der Waals surface area contributed by atoms with Crippen molar-refractivity contribution in [2.75, 3.05) is 17.2 Å². The number of ether oxygens (including phenoxy) is 1. The molecule has 8 nitrogen and oxygen atoms in total. The smallest absolute Gasteiger partial charge is 0.257 e. The van der Waals surface area contributed by atoms with Crippen LogP contribution in [0.15, 0.2) is 6.20 Å². The maximum atomic E-state index is 9.49. The molecule has 1 aliphatic rings. The van der Waals surface area contributed by atoms with E-state index in [4.69, 9.17) is 16.3 Å². The first-order valence-electron chi connectivity index (χ1n) is 8.93. The van der Waals surface area contributed by atoms with E-state index >= 15 is 0 Å². The Bertz CT molecular complexity index is 885. The molecule has 2 bridgehead atoms. The molecule has 3 heterocycles. The summed E-state index contributed by atoms with van der Waals surface area (Å²) in [6.45, 7) is 10.2. The van der Waals surface area contributed by atoms with Gasteiger partial charge in [-0.1, -0.05) is 25.4 Å². The molecule has 0 fully saturated rings. The van der Waals surface area contributed by atoms with E-state index in [1.54, 1.807) is 24.7 Å². The van der Waals surface area contributed by atoms with Gasteiger partial charge in [-0.2, -0.15) is 10.2 Å². The predicted octanol–water partition coefficient (Wildman–Crippen LogP) is 3.86. The molecular weight excluding hydrogens is 366 g/mol. The molecule has 9 heteroatoms. The lowest BCUT2D eigenvalue weighted by Gasteiger charge is -2.23. The Morgan fingerprint density at radius 2 is 2.19 bits per heavy atom. The van der Waals surface area contributed by atoms with Crippen LogP contribution in [0.1, 0.15) is 39.8 Å². The van der Waals surface area contributed by atoms with Gasteiger partial charge in [-0.05, 0) is 26.7 Å². The average Bonchev–Trinajstić information content (AvgIpc) is 2.91. The van der Waals surface area contributed by atoms with E-state index in [-0.39, 0.29) is 6.04 Å². The van der Waals surface area contributed by atoms with E-state index in [0.29, 0.717) is 40.9 Å². The van der Waals surface area contributed by atoms with Gasteiger partial charge in [-0.25, -0.2) is 9.67 Å². The van der Waals surface area contributed by atoms with Crippen LogP contribution in [-0.4, -0.2) is 32.4 Å². The molecule has 0 aliphatic carbocycles. The van der Waals surface area contributed by atoms with Crippen LogP contribution in [0.5, 0.6) is 5.88 Å². The van der Waals surface area contributed by atoms with Crippen molar-refractivity contribution in [3.05, 3.63) is 16.9 Å². The van der Waals surface area contributed by atoms with Crippen molar-refractivity contribution in [3.8, 4) is 11.9 Å². The number of fused-ring (bicyclic) bond motifs is 3. The van der Waals surface area contributed by atoms with Gasteiger partial charge >= 0.3 is 0 Å². The molecule has 2 aromatic heterocycles. The summed E-state index contributed by atoms with van der Waals surface area (Å²) in [5, 5.41) is 21.1. The summed E-state index contributed by atoms with van der Waals surface area (Å²) in [6.07, 6.45) is 2.31. The first kappa shape index (κ1) is 19.2. The molecule has 1 atom stereocenters. The quantitative estimate of drug-likeness (QED) is 0.804. The van der Waals surface area contributed by atoms with Gasteiger partial charge in [0.15, 0.2) is 5.82 Å². The van der Waals surface area contributed by atoms with Crippen LogP contribution < -0.4 is 15.4 Å². The number of rotatable bonds is 2. The van der Waals surface area contributed by atoms with Crippen LogP contribution in [-0.2, 0) is 5.54 Å². The predicted molar refractivity (Wildman–Crippen MR) is 105 cm³/mol. The largest absolute Gasteiger partial charge is 0.475 e. The first-order valence-corrected chi connectivity index (χ1v) is 9.31. The number of hydrogen-bond acceptors (Lipinski definition) is 7. The zero-order chi connectivity index (χ0) is 19.8. The average molecular weight is 390 g/mol. The Labute approximate surface area is 163 Å². The number of nitrogens with one attached hydrogen (secondary N) is 2. The number of anilines is 3. The molecule has 27 heavy (non-hydrogen) atoms. The van der Waals surface area contributed by atoms with Crippen molar-refractivity contribution in [1.82, 2.24) is 19.7 Å². The summed E-state index contributed by atoms with van der Waals surface area (Å²) in [7, 11) is 0. The molecule has 144 valence electrons. The van der Waals surface area contributed by atoms with E-state index in [1.165, 1.54) is 0 Å². The monoisotopic (exact) mass is 389 g/mol. The third-order valence-corrected chi connectivity index (χ3v) is 4.94. The highest BCUT2D eigenvalue weighted by atomic mass is 35.5. The molecule has 0 spiro atoms. The van der Waals surface area contributed by atoms with Crippen molar-refractivity contribution in [3.63, 3.8) is 0 Å². The van der Waals surface area contributed by atoms with Crippen LogP contribution in [0, 0.1) is 24.2 Å². The summed E-state index contributed by atoms with van der Waals surface area (Å²) >= 11 is 6.28. The van der Waals surface area contributed by atoms with Crippen LogP contribution in [0.25, 0.3) is 0 Å². The van der Waals surface area contributed by atoms with Gasteiger partial charge in [0.05, 0.1) is 24.6 Å². The van der Waals surface area contributed by atoms with E-state index in [2.05, 4.69) is 45.6 Å². The molecule has 2 aromatic rings. The van der Waals surface area contributed by atoms with Crippen molar-refractivity contribution < 1.29 is 4.74 Å². The topological polar surface area (TPSA) is 101 Å².